The van der Waals surface area contributed by atoms with Gasteiger partial charge in [0, 0.05) is 24.0 Å². The van der Waals surface area contributed by atoms with E-state index in [1.807, 2.05) is 18.2 Å². The maximum Gasteiger partial charge on any atom is 0.217 e. The van der Waals surface area contributed by atoms with Gasteiger partial charge in [0.05, 0.1) is 23.0 Å². The molecule has 0 atom stereocenters. The van der Waals surface area contributed by atoms with Crippen molar-refractivity contribution in [1.82, 2.24) is 4.98 Å². The lowest BCUT2D eigenvalue weighted by Gasteiger charge is -2.11. The van der Waals surface area contributed by atoms with Crippen molar-refractivity contribution in [3.8, 4) is 17.3 Å². The molecule has 3 rings (SSSR count). The Labute approximate surface area is 180 Å². The van der Waals surface area contributed by atoms with Gasteiger partial charge in [-0.3, -0.25) is 14.6 Å². The van der Waals surface area contributed by atoms with Gasteiger partial charge in [0.25, 0.3) is 0 Å². The minimum Gasteiger partial charge on any atom is -0.370 e. The molecule has 1 heterocycles. The summed E-state index contributed by atoms with van der Waals surface area (Å²) in [6.45, 7) is 0. The number of amides is 1. The molecule has 5 nitrogen and oxygen atoms in total. The van der Waals surface area contributed by atoms with Gasteiger partial charge in [0.15, 0.2) is 5.78 Å². The molecule has 2 aromatic carbocycles. The molecule has 0 unspecified atom stereocenters. The van der Waals surface area contributed by atoms with Crippen LogP contribution in [0, 0.1) is 17.1 Å². The number of aromatic nitrogens is 1. The van der Waals surface area contributed by atoms with Crippen molar-refractivity contribution < 1.29 is 14.0 Å². The van der Waals surface area contributed by atoms with Crippen molar-refractivity contribution >= 4 is 11.7 Å². The maximum atomic E-state index is 13.4. The van der Waals surface area contributed by atoms with Crippen LogP contribution in [0.5, 0.6) is 0 Å². The van der Waals surface area contributed by atoms with Crippen LogP contribution in [0.3, 0.4) is 0 Å². The van der Waals surface area contributed by atoms with Gasteiger partial charge < -0.3 is 5.73 Å². The van der Waals surface area contributed by atoms with Crippen molar-refractivity contribution in [2.75, 3.05) is 0 Å². The quantitative estimate of drug-likeness (QED) is 0.524. The number of pyridine rings is 1. The highest BCUT2D eigenvalue weighted by atomic mass is 19.1. The lowest BCUT2D eigenvalue weighted by Crippen LogP contribution is -2.14. The van der Waals surface area contributed by atoms with E-state index in [1.165, 1.54) is 12.1 Å². The molecule has 31 heavy (non-hydrogen) atoms. The average Bonchev–Trinajstić information content (AvgIpc) is 2.77. The average molecular weight is 415 g/mol. The van der Waals surface area contributed by atoms with E-state index in [4.69, 9.17) is 5.73 Å². The van der Waals surface area contributed by atoms with Crippen molar-refractivity contribution in [3.63, 3.8) is 0 Å². The zero-order valence-electron chi connectivity index (χ0n) is 17.0. The number of hydrogen-bond donors (Lipinski definition) is 1. The monoisotopic (exact) mass is 415 g/mol. The van der Waals surface area contributed by atoms with E-state index in [2.05, 4.69) is 11.1 Å². The smallest absolute Gasteiger partial charge is 0.217 e. The van der Waals surface area contributed by atoms with Gasteiger partial charge in [0.1, 0.15) is 5.82 Å². The Morgan fingerprint density at radius 2 is 1.81 bits per heavy atom. The zero-order chi connectivity index (χ0) is 22.2. The fourth-order valence-electron chi connectivity index (χ4n) is 3.42. The molecule has 1 aromatic heterocycles. The second-order valence-electron chi connectivity index (χ2n) is 7.22. The largest absolute Gasteiger partial charge is 0.370 e. The molecule has 0 aliphatic carbocycles. The number of rotatable bonds is 9. The van der Waals surface area contributed by atoms with E-state index in [-0.39, 0.29) is 24.4 Å². The van der Waals surface area contributed by atoms with Crippen LogP contribution in [0.2, 0.25) is 0 Å². The number of nitriles is 1. The first-order valence-corrected chi connectivity index (χ1v) is 10.0. The summed E-state index contributed by atoms with van der Waals surface area (Å²) in [5.74, 6) is -1.02. The van der Waals surface area contributed by atoms with Gasteiger partial charge >= 0.3 is 0 Å². The highest BCUT2D eigenvalue weighted by molar-refractivity contribution is 5.99. The van der Waals surface area contributed by atoms with Crippen LogP contribution in [0.1, 0.15) is 46.4 Å². The molecule has 3 aromatic rings. The molecule has 156 valence electrons. The Morgan fingerprint density at radius 1 is 1.00 bits per heavy atom. The molecule has 0 aliphatic heterocycles. The highest BCUT2D eigenvalue weighted by Gasteiger charge is 2.16. The van der Waals surface area contributed by atoms with Crippen molar-refractivity contribution in [3.05, 3.63) is 88.9 Å². The zero-order valence-corrected chi connectivity index (χ0v) is 17.0. The molecular weight excluding hydrogens is 393 g/mol. The summed E-state index contributed by atoms with van der Waals surface area (Å²) in [6.07, 6.45) is 1.78. The van der Waals surface area contributed by atoms with Gasteiger partial charge in [-0.15, -0.1) is 0 Å². The van der Waals surface area contributed by atoms with E-state index in [9.17, 15) is 19.2 Å². The number of halogens is 1. The van der Waals surface area contributed by atoms with Crippen LogP contribution in [-0.4, -0.2) is 16.7 Å². The number of primary amides is 1. The normalized spacial score (nSPS) is 10.5. The van der Waals surface area contributed by atoms with Gasteiger partial charge in [-0.2, -0.15) is 5.26 Å². The van der Waals surface area contributed by atoms with Crippen LogP contribution < -0.4 is 5.73 Å². The lowest BCUT2D eigenvalue weighted by atomic mass is 9.97. The Hall–Kier alpha value is -3.85. The minimum atomic E-state index is -0.534. The first kappa shape index (κ1) is 21.8. The molecule has 0 aliphatic rings. The number of nitrogens with zero attached hydrogens (tertiary/aromatic N) is 2. The van der Waals surface area contributed by atoms with Crippen LogP contribution in [-0.2, 0) is 17.6 Å². The molecule has 2 N–H and O–H groups in total. The molecule has 0 saturated heterocycles. The Morgan fingerprint density at radius 3 is 2.55 bits per heavy atom. The summed E-state index contributed by atoms with van der Waals surface area (Å²) in [5.41, 5.74) is 8.87. The molecule has 0 saturated carbocycles. The number of carbonyl (C=O) groups is 2. The Bertz CT molecular complexity index is 1150. The van der Waals surface area contributed by atoms with Gasteiger partial charge in [-0.25, -0.2) is 4.39 Å². The predicted octanol–water partition coefficient (Wildman–Crippen LogP) is 4.38. The van der Waals surface area contributed by atoms with Crippen molar-refractivity contribution in [2.24, 2.45) is 5.73 Å². The Kier molecular flexibility index (Phi) is 7.23. The summed E-state index contributed by atoms with van der Waals surface area (Å²) in [5, 5.41) is 9.40. The Balaban J connectivity index is 1.88. The van der Waals surface area contributed by atoms with E-state index in [0.29, 0.717) is 47.3 Å². The third-order valence-corrected chi connectivity index (χ3v) is 4.96. The van der Waals surface area contributed by atoms with E-state index in [0.717, 1.165) is 5.56 Å². The number of Topliss-reactive ketones (excluding diaryl/α,β-unsaturated/α-hetero) is 1. The summed E-state index contributed by atoms with van der Waals surface area (Å²) in [7, 11) is 0. The van der Waals surface area contributed by atoms with Crippen molar-refractivity contribution in [2.45, 2.75) is 32.1 Å². The molecule has 6 heteroatoms. The lowest BCUT2D eigenvalue weighted by molar-refractivity contribution is -0.118. The first-order valence-electron chi connectivity index (χ1n) is 10.0. The molecule has 1 amide bonds. The maximum absolute atomic E-state index is 13.4. The fourth-order valence-corrected chi connectivity index (χ4v) is 3.42. The highest BCUT2D eigenvalue weighted by Crippen LogP contribution is 2.24. The van der Waals surface area contributed by atoms with Crippen LogP contribution >= 0.6 is 0 Å². The van der Waals surface area contributed by atoms with Crippen LogP contribution in [0.15, 0.2) is 60.7 Å². The number of aryl methyl sites for hydroxylation is 2. The van der Waals surface area contributed by atoms with Gasteiger partial charge in [-0.05, 0) is 55.2 Å². The number of nitrogens with two attached hydrogens (primary N) is 1. The third-order valence-electron chi connectivity index (χ3n) is 4.96. The standard InChI is InChI=1S/C25H22FN3O2/c26-19-8-3-5-17(15-19)6-4-10-22-21(24(30)13-14-25(28)31)11-12-23(29-22)20-9-2-1-7-18(20)16-27/h1-3,5,7-9,11-12,15H,4,6,10,13-14H2,(H2,28,31). The third kappa shape index (κ3) is 5.83. The minimum absolute atomic E-state index is 0.0159. The summed E-state index contributed by atoms with van der Waals surface area (Å²) in [6, 6.07) is 19.1. The number of carbonyl (C=O) groups excluding carboxylic acids is 2. The molecule has 0 bridgehead atoms. The second-order valence-corrected chi connectivity index (χ2v) is 7.22. The fraction of sp³-hybridized carbons (Fsp3) is 0.200. The van der Waals surface area contributed by atoms with E-state index in [1.54, 1.807) is 30.3 Å². The number of benzene rings is 2. The predicted molar refractivity (Wildman–Crippen MR) is 116 cm³/mol. The molecular formula is C25H22FN3O2. The molecule has 0 fully saturated rings. The van der Waals surface area contributed by atoms with Crippen LogP contribution in [0.4, 0.5) is 4.39 Å². The first-order chi connectivity index (χ1) is 15.0. The summed E-state index contributed by atoms with van der Waals surface area (Å²) < 4.78 is 13.4. The summed E-state index contributed by atoms with van der Waals surface area (Å²) in [4.78, 5) is 28.4. The second kappa shape index (κ2) is 10.3. The number of ketones is 1. The van der Waals surface area contributed by atoms with Gasteiger partial charge in [-0.1, -0.05) is 30.3 Å². The van der Waals surface area contributed by atoms with Crippen LogP contribution in [0.25, 0.3) is 11.3 Å². The van der Waals surface area contributed by atoms with Gasteiger partial charge in [0.2, 0.25) is 5.91 Å². The topological polar surface area (TPSA) is 96.8 Å². The molecule has 0 radical (unpaired) electrons. The molecule has 0 spiro atoms. The number of hydrogen-bond acceptors (Lipinski definition) is 4. The SMILES string of the molecule is N#Cc1ccccc1-c1ccc(C(=O)CCC(N)=O)c(CCCc2cccc(F)c2)n1. The van der Waals surface area contributed by atoms with E-state index < -0.39 is 5.91 Å². The van der Waals surface area contributed by atoms with Crippen molar-refractivity contribution in [1.29, 1.82) is 5.26 Å². The summed E-state index contributed by atoms with van der Waals surface area (Å²) >= 11 is 0. The van der Waals surface area contributed by atoms with E-state index >= 15 is 0 Å².